The van der Waals surface area contributed by atoms with Crippen LogP contribution in [0.3, 0.4) is 0 Å². The molecule has 0 aliphatic rings. The monoisotopic (exact) mass is 134 g/mol. The standard InChI is InChI=1S/C8H10N2/c9-6-5-7-3-1-2-4-8(7)10/h1-6H,9-10H2/b6-5+. The Kier molecular flexibility index (Phi) is 1.95. The van der Waals surface area contributed by atoms with Gasteiger partial charge in [-0.25, -0.2) is 0 Å². The van der Waals surface area contributed by atoms with Crippen LogP contribution in [-0.2, 0) is 0 Å². The van der Waals surface area contributed by atoms with Crippen LogP contribution < -0.4 is 11.5 Å². The van der Waals surface area contributed by atoms with E-state index in [0.29, 0.717) is 0 Å². The summed E-state index contributed by atoms with van der Waals surface area (Å²) in [4.78, 5) is 0. The summed E-state index contributed by atoms with van der Waals surface area (Å²) in [6.07, 6.45) is 3.25. The number of hydrogen-bond acceptors (Lipinski definition) is 2. The molecule has 0 heterocycles. The van der Waals surface area contributed by atoms with Crippen LogP contribution in [0.15, 0.2) is 30.5 Å². The Morgan fingerprint density at radius 1 is 1.20 bits per heavy atom. The fourth-order valence-corrected chi connectivity index (χ4v) is 0.766. The van der Waals surface area contributed by atoms with E-state index in [4.69, 9.17) is 11.5 Å². The normalized spacial score (nSPS) is 10.4. The van der Waals surface area contributed by atoms with Crippen LogP contribution >= 0.6 is 0 Å². The molecule has 0 bridgehead atoms. The van der Waals surface area contributed by atoms with E-state index < -0.39 is 0 Å². The van der Waals surface area contributed by atoms with Crippen LogP contribution in [0.4, 0.5) is 5.69 Å². The molecule has 4 N–H and O–H groups in total. The minimum atomic E-state index is 0.754. The van der Waals surface area contributed by atoms with Gasteiger partial charge in [0.25, 0.3) is 0 Å². The van der Waals surface area contributed by atoms with Gasteiger partial charge in [-0.2, -0.15) is 0 Å². The third-order valence-corrected chi connectivity index (χ3v) is 1.27. The molecule has 0 aliphatic heterocycles. The zero-order valence-corrected chi connectivity index (χ0v) is 5.62. The van der Waals surface area contributed by atoms with Gasteiger partial charge in [-0.05, 0) is 23.9 Å². The third kappa shape index (κ3) is 1.29. The van der Waals surface area contributed by atoms with Crippen LogP contribution in [0.2, 0.25) is 0 Å². The Morgan fingerprint density at radius 3 is 2.50 bits per heavy atom. The molecule has 10 heavy (non-hydrogen) atoms. The van der Waals surface area contributed by atoms with Crippen molar-refractivity contribution in [3.63, 3.8) is 0 Å². The molecule has 2 heteroatoms. The molecule has 0 amide bonds. The van der Waals surface area contributed by atoms with E-state index in [0.717, 1.165) is 11.3 Å². The maximum absolute atomic E-state index is 5.60. The molecule has 0 fully saturated rings. The molecule has 1 aromatic rings. The topological polar surface area (TPSA) is 52.0 Å². The zero-order chi connectivity index (χ0) is 7.40. The van der Waals surface area contributed by atoms with Gasteiger partial charge in [0.1, 0.15) is 0 Å². The second-order valence-corrected chi connectivity index (χ2v) is 1.99. The first-order valence-corrected chi connectivity index (χ1v) is 3.07. The van der Waals surface area contributed by atoms with Gasteiger partial charge in [0.05, 0.1) is 0 Å². The SMILES string of the molecule is N/C=C/c1ccccc1N. The molecule has 0 saturated carbocycles. The Bertz CT molecular complexity index is 241. The maximum Gasteiger partial charge on any atom is 0.0388 e. The number of anilines is 1. The predicted molar refractivity (Wildman–Crippen MR) is 44.1 cm³/mol. The second kappa shape index (κ2) is 2.92. The van der Waals surface area contributed by atoms with Crippen LogP contribution in [-0.4, -0.2) is 0 Å². The van der Waals surface area contributed by atoms with Gasteiger partial charge in [-0.1, -0.05) is 18.2 Å². The number of nitrogen functional groups attached to an aromatic ring is 1. The highest BCUT2D eigenvalue weighted by Crippen LogP contribution is 2.10. The lowest BCUT2D eigenvalue weighted by Gasteiger charge is -1.96. The van der Waals surface area contributed by atoms with E-state index in [1.54, 1.807) is 6.08 Å². The second-order valence-electron chi connectivity index (χ2n) is 1.99. The lowest BCUT2D eigenvalue weighted by atomic mass is 10.2. The lowest BCUT2D eigenvalue weighted by Crippen LogP contribution is -1.88. The molecule has 0 saturated heterocycles. The third-order valence-electron chi connectivity index (χ3n) is 1.27. The Hall–Kier alpha value is -1.44. The molecular weight excluding hydrogens is 124 g/mol. The van der Waals surface area contributed by atoms with Crippen LogP contribution in [0, 0.1) is 0 Å². The van der Waals surface area contributed by atoms with Crippen molar-refractivity contribution in [3.8, 4) is 0 Å². The smallest absolute Gasteiger partial charge is 0.0388 e. The summed E-state index contributed by atoms with van der Waals surface area (Å²) in [5.41, 5.74) is 12.5. The van der Waals surface area contributed by atoms with Crippen molar-refractivity contribution in [3.05, 3.63) is 36.0 Å². The molecule has 2 nitrogen and oxygen atoms in total. The fraction of sp³-hybridized carbons (Fsp3) is 0. The summed E-state index contributed by atoms with van der Waals surface area (Å²) in [5, 5.41) is 0. The van der Waals surface area contributed by atoms with E-state index in [1.807, 2.05) is 24.3 Å². The molecule has 52 valence electrons. The molecule has 0 aliphatic carbocycles. The van der Waals surface area contributed by atoms with Crippen molar-refractivity contribution in [2.45, 2.75) is 0 Å². The highest BCUT2D eigenvalue weighted by molar-refractivity contribution is 5.63. The van der Waals surface area contributed by atoms with Gasteiger partial charge in [-0.15, -0.1) is 0 Å². The quantitative estimate of drug-likeness (QED) is 0.567. The van der Waals surface area contributed by atoms with E-state index in [9.17, 15) is 0 Å². The average molecular weight is 134 g/mol. The fourth-order valence-electron chi connectivity index (χ4n) is 0.766. The van der Waals surface area contributed by atoms with E-state index in [1.165, 1.54) is 6.20 Å². The summed E-state index contributed by atoms with van der Waals surface area (Å²) < 4.78 is 0. The first kappa shape index (κ1) is 6.68. The van der Waals surface area contributed by atoms with Gasteiger partial charge in [0.2, 0.25) is 0 Å². The Labute approximate surface area is 60.2 Å². The van der Waals surface area contributed by atoms with E-state index in [-0.39, 0.29) is 0 Å². The molecule has 0 unspecified atom stereocenters. The number of benzene rings is 1. The van der Waals surface area contributed by atoms with E-state index >= 15 is 0 Å². The molecule has 1 aromatic carbocycles. The summed E-state index contributed by atoms with van der Waals surface area (Å²) in [6, 6.07) is 7.57. The molecule has 0 spiro atoms. The number of rotatable bonds is 1. The van der Waals surface area contributed by atoms with Gasteiger partial charge in [0, 0.05) is 5.69 Å². The first-order chi connectivity index (χ1) is 4.84. The van der Waals surface area contributed by atoms with Crippen molar-refractivity contribution >= 4 is 11.8 Å². The van der Waals surface area contributed by atoms with Gasteiger partial charge in [0.15, 0.2) is 0 Å². The van der Waals surface area contributed by atoms with Crippen LogP contribution in [0.25, 0.3) is 6.08 Å². The molecule has 1 rings (SSSR count). The van der Waals surface area contributed by atoms with Crippen LogP contribution in [0.5, 0.6) is 0 Å². The van der Waals surface area contributed by atoms with Gasteiger partial charge < -0.3 is 11.5 Å². The van der Waals surface area contributed by atoms with Crippen molar-refractivity contribution in [1.82, 2.24) is 0 Å². The maximum atomic E-state index is 5.60. The van der Waals surface area contributed by atoms with Crippen molar-refractivity contribution in [2.24, 2.45) is 5.73 Å². The average Bonchev–Trinajstić information content (AvgIpc) is 1.94. The van der Waals surface area contributed by atoms with Crippen molar-refractivity contribution < 1.29 is 0 Å². The van der Waals surface area contributed by atoms with Gasteiger partial charge in [-0.3, -0.25) is 0 Å². The molecule has 0 radical (unpaired) electrons. The first-order valence-electron chi connectivity index (χ1n) is 3.07. The Balaban J connectivity index is 3.03. The molecule has 0 atom stereocenters. The van der Waals surface area contributed by atoms with Crippen molar-refractivity contribution in [2.75, 3.05) is 5.73 Å². The largest absolute Gasteiger partial charge is 0.405 e. The van der Waals surface area contributed by atoms with E-state index in [2.05, 4.69) is 0 Å². The zero-order valence-electron chi connectivity index (χ0n) is 5.62. The number of hydrogen-bond donors (Lipinski definition) is 2. The summed E-state index contributed by atoms with van der Waals surface area (Å²) in [6.45, 7) is 0. The highest BCUT2D eigenvalue weighted by Gasteiger charge is 1.88. The molecule has 0 aromatic heterocycles. The summed E-state index contributed by atoms with van der Waals surface area (Å²) in [5.74, 6) is 0. The summed E-state index contributed by atoms with van der Waals surface area (Å²) in [7, 11) is 0. The number of nitrogens with two attached hydrogens (primary N) is 2. The Morgan fingerprint density at radius 2 is 1.90 bits per heavy atom. The predicted octanol–water partition coefficient (Wildman–Crippen LogP) is 1.20. The lowest BCUT2D eigenvalue weighted by molar-refractivity contribution is 1.59. The minimum absolute atomic E-state index is 0.754. The highest BCUT2D eigenvalue weighted by atomic mass is 14.6. The van der Waals surface area contributed by atoms with Crippen molar-refractivity contribution in [1.29, 1.82) is 0 Å². The number of para-hydroxylation sites is 1. The summed E-state index contributed by atoms with van der Waals surface area (Å²) >= 11 is 0. The minimum Gasteiger partial charge on any atom is -0.405 e. The molecular formula is C8H10N2. The van der Waals surface area contributed by atoms with Crippen LogP contribution in [0.1, 0.15) is 5.56 Å². The van der Waals surface area contributed by atoms with Gasteiger partial charge >= 0.3 is 0 Å².